The van der Waals surface area contributed by atoms with Gasteiger partial charge in [-0.3, -0.25) is 14.4 Å². The SMILES string of the molecule is COC(=O)Cn1c(=NC(=O)c2ccc(S(=O)(=O)N3CCCC3)cc2)sc2cc(NC(C)=O)ccc21. The highest BCUT2D eigenvalue weighted by molar-refractivity contribution is 7.89. The maximum Gasteiger partial charge on any atom is 0.325 e. The molecular weight excluding hydrogens is 492 g/mol. The molecule has 35 heavy (non-hydrogen) atoms. The monoisotopic (exact) mass is 516 g/mol. The number of nitrogens with one attached hydrogen (secondary N) is 1. The Morgan fingerprint density at radius 1 is 1.09 bits per heavy atom. The Morgan fingerprint density at radius 2 is 1.77 bits per heavy atom. The maximum absolute atomic E-state index is 12.9. The molecule has 0 spiro atoms. The highest BCUT2D eigenvalue weighted by atomic mass is 32.2. The third kappa shape index (κ3) is 5.34. The number of sulfonamides is 1. The van der Waals surface area contributed by atoms with Gasteiger partial charge in [0, 0.05) is 31.3 Å². The van der Waals surface area contributed by atoms with Gasteiger partial charge in [-0.25, -0.2) is 8.42 Å². The number of rotatable bonds is 6. The first-order valence-corrected chi connectivity index (χ1v) is 13.1. The predicted molar refractivity (Wildman–Crippen MR) is 130 cm³/mol. The van der Waals surface area contributed by atoms with E-state index in [1.54, 1.807) is 22.8 Å². The molecule has 1 aromatic heterocycles. The Hall–Kier alpha value is -3.35. The van der Waals surface area contributed by atoms with Crippen molar-refractivity contribution in [3.63, 3.8) is 0 Å². The number of hydrogen-bond donors (Lipinski definition) is 1. The van der Waals surface area contributed by atoms with Crippen molar-refractivity contribution < 1.29 is 27.5 Å². The highest BCUT2D eigenvalue weighted by Crippen LogP contribution is 2.23. The van der Waals surface area contributed by atoms with Gasteiger partial charge >= 0.3 is 5.97 Å². The second-order valence-electron chi connectivity index (χ2n) is 7.96. The van der Waals surface area contributed by atoms with Crippen LogP contribution in [0.15, 0.2) is 52.4 Å². The smallest absolute Gasteiger partial charge is 0.325 e. The molecule has 0 radical (unpaired) electrons. The van der Waals surface area contributed by atoms with Crippen LogP contribution in [0.5, 0.6) is 0 Å². The number of methoxy groups -OCH3 is 1. The van der Waals surface area contributed by atoms with Gasteiger partial charge in [-0.05, 0) is 55.3 Å². The molecule has 0 aliphatic carbocycles. The summed E-state index contributed by atoms with van der Waals surface area (Å²) in [6.45, 7) is 2.23. The normalized spacial score (nSPS) is 14.9. The minimum absolute atomic E-state index is 0.129. The quantitative estimate of drug-likeness (QED) is 0.501. The lowest BCUT2D eigenvalue weighted by Crippen LogP contribution is -2.27. The number of ether oxygens (including phenoxy) is 1. The number of aromatic nitrogens is 1. The maximum atomic E-state index is 12.9. The minimum atomic E-state index is -3.59. The summed E-state index contributed by atoms with van der Waals surface area (Å²) in [7, 11) is -2.32. The van der Waals surface area contributed by atoms with Crippen molar-refractivity contribution in [2.45, 2.75) is 31.2 Å². The Kier molecular flexibility index (Phi) is 7.15. The van der Waals surface area contributed by atoms with Crippen LogP contribution >= 0.6 is 11.3 Å². The summed E-state index contributed by atoms with van der Waals surface area (Å²) in [5.74, 6) is -1.32. The lowest BCUT2D eigenvalue weighted by molar-refractivity contribution is -0.141. The molecule has 2 amide bonds. The first-order chi connectivity index (χ1) is 16.7. The summed E-state index contributed by atoms with van der Waals surface area (Å²) in [6, 6.07) is 10.8. The lowest BCUT2D eigenvalue weighted by atomic mass is 10.2. The van der Waals surface area contributed by atoms with Crippen LogP contribution < -0.4 is 10.1 Å². The van der Waals surface area contributed by atoms with Gasteiger partial charge in [0.05, 0.1) is 22.2 Å². The molecule has 0 atom stereocenters. The van der Waals surface area contributed by atoms with Gasteiger partial charge < -0.3 is 14.6 Å². The molecule has 0 bridgehead atoms. The topological polar surface area (TPSA) is 127 Å². The van der Waals surface area contributed by atoms with Crippen molar-refractivity contribution in [1.29, 1.82) is 0 Å². The van der Waals surface area contributed by atoms with Crippen LogP contribution in [0.25, 0.3) is 10.2 Å². The molecule has 184 valence electrons. The molecule has 1 saturated heterocycles. The number of thiazole rings is 1. The Balaban J connectivity index is 1.69. The van der Waals surface area contributed by atoms with Gasteiger partial charge in [0.15, 0.2) is 4.80 Å². The summed E-state index contributed by atoms with van der Waals surface area (Å²) >= 11 is 1.18. The van der Waals surface area contributed by atoms with Gasteiger partial charge in [-0.2, -0.15) is 9.30 Å². The van der Waals surface area contributed by atoms with Gasteiger partial charge in [0.1, 0.15) is 6.54 Å². The van der Waals surface area contributed by atoms with Crippen LogP contribution in [0.4, 0.5) is 5.69 Å². The average Bonchev–Trinajstić information content (AvgIpc) is 3.48. The first-order valence-electron chi connectivity index (χ1n) is 10.9. The van der Waals surface area contributed by atoms with E-state index in [1.165, 1.54) is 53.9 Å². The third-order valence-corrected chi connectivity index (χ3v) is 8.47. The Bertz CT molecular complexity index is 1470. The number of carbonyl (C=O) groups excluding carboxylic acids is 3. The molecule has 2 aromatic carbocycles. The summed E-state index contributed by atoms with van der Waals surface area (Å²) in [6.07, 6.45) is 1.67. The van der Waals surface area contributed by atoms with Crippen LogP contribution in [0, 0.1) is 0 Å². The molecule has 2 heterocycles. The standard InChI is InChI=1S/C23H24N4O6S2/c1-15(28)24-17-7-10-19-20(13-17)34-23(27(19)14-21(29)33-2)25-22(30)16-5-8-18(9-6-16)35(31,32)26-11-3-4-12-26/h5-10,13H,3-4,11-12,14H2,1-2H3,(H,24,28). The van der Waals surface area contributed by atoms with E-state index >= 15 is 0 Å². The number of fused-ring (bicyclic) bond motifs is 1. The van der Waals surface area contributed by atoms with E-state index in [0.29, 0.717) is 29.0 Å². The Labute approximate surface area is 205 Å². The zero-order valence-corrected chi connectivity index (χ0v) is 20.8. The van der Waals surface area contributed by atoms with Crippen molar-refractivity contribution >= 4 is 55.0 Å². The summed E-state index contributed by atoms with van der Waals surface area (Å²) in [5, 5.41) is 2.70. The fourth-order valence-electron chi connectivity index (χ4n) is 3.78. The van der Waals surface area contributed by atoms with Crippen LogP contribution in [0.2, 0.25) is 0 Å². The van der Waals surface area contributed by atoms with Crippen molar-refractivity contribution in [1.82, 2.24) is 8.87 Å². The molecule has 1 fully saturated rings. The summed E-state index contributed by atoms with van der Waals surface area (Å²) < 4.78 is 33.9. The first kappa shape index (κ1) is 24.8. The fourth-order valence-corrected chi connectivity index (χ4v) is 6.37. The Morgan fingerprint density at radius 3 is 2.40 bits per heavy atom. The molecule has 1 N–H and O–H groups in total. The number of carbonyl (C=O) groups is 3. The van der Waals surface area contributed by atoms with Crippen LogP contribution in [-0.4, -0.2) is 55.3 Å². The second-order valence-corrected chi connectivity index (χ2v) is 10.9. The lowest BCUT2D eigenvalue weighted by Gasteiger charge is -2.15. The number of esters is 1. The zero-order valence-electron chi connectivity index (χ0n) is 19.2. The highest BCUT2D eigenvalue weighted by Gasteiger charge is 2.27. The molecule has 12 heteroatoms. The van der Waals surface area contributed by atoms with Crippen molar-refractivity contribution in [2.24, 2.45) is 4.99 Å². The summed E-state index contributed by atoms with van der Waals surface area (Å²) in [4.78, 5) is 40.9. The van der Waals surface area contributed by atoms with Gasteiger partial charge in [0.25, 0.3) is 5.91 Å². The minimum Gasteiger partial charge on any atom is -0.468 e. The third-order valence-electron chi connectivity index (χ3n) is 5.52. The largest absolute Gasteiger partial charge is 0.468 e. The molecular formula is C23H24N4O6S2. The average molecular weight is 517 g/mol. The number of nitrogens with zero attached hydrogens (tertiary/aromatic N) is 3. The molecule has 1 aliphatic heterocycles. The van der Waals surface area contributed by atoms with E-state index in [4.69, 9.17) is 4.74 Å². The molecule has 3 aromatic rings. The number of anilines is 1. The van der Waals surface area contributed by atoms with E-state index in [0.717, 1.165) is 12.8 Å². The van der Waals surface area contributed by atoms with Crippen molar-refractivity contribution in [3.05, 3.63) is 52.8 Å². The molecule has 0 unspecified atom stereocenters. The molecule has 0 saturated carbocycles. The van der Waals surface area contributed by atoms with Gasteiger partial charge in [0.2, 0.25) is 15.9 Å². The molecule has 4 rings (SSSR count). The molecule has 10 nitrogen and oxygen atoms in total. The second kappa shape index (κ2) is 10.1. The van der Waals surface area contributed by atoms with Crippen LogP contribution in [-0.2, 0) is 30.9 Å². The predicted octanol–water partition coefficient (Wildman–Crippen LogP) is 2.36. The zero-order chi connectivity index (χ0) is 25.2. The van der Waals surface area contributed by atoms with Crippen molar-refractivity contribution in [2.75, 3.05) is 25.5 Å². The van der Waals surface area contributed by atoms with E-state index in [2.05, 4.69) is 10.3 Å². The van der Waals surface area contributed by atoms with Crippen LogP contribution in [0.3, 0.4) is 0 Å². The van der Waals surface area contributed by atoms with E-state index in [-0.39, 0.29) is 27.7 Å². The molecule has 1 aliphatic rings. The van der Waals surface area contributed by atoms with E-state index < -0.39 is 21.9 Å². The van der Waals surface area contributed by atoms with Crippen molar-refractivity contribution in [3.8, 4) is 0 Å². The van der Waals surface area contributed by atoms with Crippen LogP contribution in [0.1, 0.15) is 30.1 Å². The van der Waals surface area contributed by atoms with E-state index in [9.17, 15) is 22.8 Å². The number of amides is 2. The van der Waals surface area contributed by atoms with Gasteiger partial charge in [-0.15, -0.1) is 0 Å². The van der Waals surface area contributed by atoms with E-state index in [1.807, 2.05) is 0 Å². The number of benzene rings is 2. The van der Waals surface area contributed by atoms with Gasteiger partial charge in [-0.1, -0.05) is 11.3 Å². The number of hydrogen-bond acceptors (Lipinski definition) is 7. The fraction of sp³-hybridized carbons (Fsp3) is 0.304. The summed E-state index contributed by atoms with van der Waals surface area (Å²) in [5.41, 5.74) is 1.43.